The summed E-state index contributed by atoms with van der Waals surface area (Å²) in [6, 6.07) is 3.78. The Labute approximate surface area is 157 Å². The highest BCUT2D eigenvalue weighted by Crippen LogP contribution is 2.24. The van der Waals surface area contributed by atoms with Gasteiger partial charge in [-0.1, -0.05) is 31.3 Å². The van der Waals surface area contributed by atoms with Crippen LogP contribution >= 0.6 is 0 Å². The topological polar surface area (TPSA) is 98.2 Å². The van der Waals surface area contributed by atoms with Gasteiger partial charge >= 0.3 is 0 Å². The van der Waals surface area contributed by atoms with E-state index in [0.717, 1.165) is 44.1 Å². The lowest BCUT2D eigenvalue weighted by Gasteiger charge is -2.20. The monoisotopic (exact) mass is 368 g/mol. The zero-order valence-electron chi connectivity index (χ0n) is 15.5. The molecule has 3 aromatic heterocycles. The SMILES string of the molecule is CCCc1noc(-c2cccn3c(CNC(=O)C4CCCCC4)nnc23)n1. The Kier molecular flexibility index (Phi) is 5.13. The molecule has 0 aromatic carbocycles. The molecule has 1 amide bonds. The first-order valence-electron chi connectivity index (χ1n) is 9.69. The number of amides is 1. The van der Waals surface area contributed by atoms with Gasteiger partial charge in [-0.3, -0.25) is 9.20 Å². The second kappa shape index (κ2) is 7.85. The van der Waals surface area contributed by atoms with Crippen LogP contribution in [0.25, 0.3) is 17.1 Å². The van der Waals surface area contributed by atoms with Gasteiger partial charge in [-0.15, -0.1) is 10.2 Å². The summed E-state index contributed by atoms with van der Waals surface area (Å²) in [5.41, 5.74) is 1.39. The highest BCUT2D eigenvalue weighted by Gasteiger charge is 2.21. The Bertz CT molecular complexity index is 925. The van der Waals surface area contributed by atoms with E-state index in [9.17, 15) is 4.79 Å². The molecular weight excluding hydrogens is 344 g/mol. The summed E-state index contributed by atoms with van der Waals surface area (Å²) in [5, 5.41) is 15.5. The maximum absolute atomic E-state index is 12.4. The molecule has 8 nitrogen and oxygen atoms in total. The van der Waals surface area contributed by atoms with Crippen LogP contribution in [0.15, 0.2) is 22.9 Å². The Morgan fingerprint density at radius 2 is 2.15 bits per heavy atom. The summed E-state index contributed by atoms with van der Waals surface area (Å²) >= 11 is 0. The normalized spacial score (nSPS) is 15.3. The van der Waals surface area contributed by atoms with E-state index in [-0.39, 0.29) is 11.8 Å². The Hall–Kier alpha value is -2.77. The third kappa shape index (κ3) is 3.70. The number of carbonyl (C=O) groups excluding carboxylic acids is 1. The molecule has 0 bridgehead atoms. The number of fused-ring (bicyclic) bond motifs is 1. The molecule has 1 aliphatic carbocycles. The van der Waals surface area contributed by atoms with Crippen molar-refractivity contribution in [1.29, 1.82) is 0 Å². The predicted molar refractivity (Wildman–Crippen MR) is 98.7 cm³/mol. The number of hydrogen-bond donors (Lipinski definition) is 1. The van der Waals surface area contributed by atoms with Gasteiger partial charge in [0, 0.05) is 18.5 Å². The number of rotatable bonds is 6. The molecule has 1 saturated carbocycles. The molecule has 3 heterocycles. The van der Waals surface area contributed by atoms with Gasteiger partial charge in [0.05, 0.1) is 12.1 Å². The maximum Gasteiger partial charge on any atom is 0.261 e. The maximum atomic E-state index is 12.4. The lowest BCUT2D eigenvalue weighted by atomic mass is 9.89. The fraction of sp³-hybridized carbons (Fsp3) is 0.526. The van der Waals surface area contributed by atoms with Gasteiger partial charge in [0.1, 0.15) is 0 Å². The van der Waals surface area contributed by atoms with E-state index in [1.807, 2.05) is 22.7 Å². The molecule has 0 radical (unpaired) electrons. The lowest BCUT2D eigenvalue weighted by Crippen LogP contribution is -2.32. The molecule has 0 atom stereocenters. The summed E-state index contributed by atoms with van der Waals surface area (Å²) in [7, 11) is 0. The third-order valence-electron chi connectivity index (χ3n) is 5.07. The molecule has 8 heteroatoms. The fourth-order valence-electron chi connectivity index (χ4n) is 3.62. The quantitative estimate of drug-likeness (QED) is 0.718. The molecule has 0 spiro atoms. The van der Waals surface area contributed by atoms with E-state index in [0.29, 0.717) is 29.7 Å². The molecule has 0 aliphatic heterocycles. The minimum Gasteiger partial charge on any atom is -0.349 e. The number of pyridine rings is 1. The van der Waals surface area contributed by atoms with E-state index < -0.39 is 0 Å². The zero-order chi connectivity index (χ0) is 18.6. The summed E-state index contributed by atoms with van der Waals surface area (Å²) in [6.07, 6.45) is 9.08. The van der Waals surface area contributed by atoms with Crippen LogP contribution in [0.1, 0.15) is 57.1 Å². The molecule has 3 aromatic rings. The second-order valence-corrected chi connectivity index (χ2v) is 7.05. The summed E-state index contributed by atoms with van der Waals surface area (Å²) < 4.78 is 7.25. The van der Waals surface area contributed by atoms with Crippen LogP contribution in [-0.4, -0.2) is 30.6 Å². The van der Waals surface area contributed by atoms with Crippen LogP contribution in [0.2, 0.25) is 0 Å². The van der Waals surface area contributed by atoms with Gasteiger partial charge in [0.15, 0.2) is 17.3 Å². The fourth-order valence-corrected chi connectivity index (χ4v) is 3.62. The van der Waals surface area contributed by atoms with Gasteiger partial charge in [0.25, 0.3) is 5.89 Å². The lowest BCUT2D eigenvalue weighted by molar-refractivity contribution is -0.126. The first kappa shape index (κ1) is 17.6. The highest BCUT2D eigenvalue weighted by atomic mass is 16.5. The van der Waals surface area contributed by atoms with E-state index in [1.165, 1.54) is 6.42 Å². The number of aryl methyl sites for hydroxylation is 1. The number of aromatic nitrogens is 5. The molecule has 4 rings (SSSR count). The minimum absolute atomic E-state index is 0.115. The van der Waals surface area contributed by atoms with Crippen molar-refractivity contribution < 1.29 is 9.32 Å². The number of hydrogen-bond acceptors (Lipinski definition) is 6. The van der Waals surface area contributed by atoms with Crippen LogP contribution in [0.5, 0.6) is 0 Å². The van der Waals surface area contributed by atoms with Gasteiger partial charge in [-0.2, -0.15) is 4.98 Å². The summed E-state index contributed by atoms with van der Waals surface area (Å²) in [4.78, 5) is 16.8. The van der Waals surface area contributed by atoms with Gasteiger partial charge in [-0.25, -0.2) is 0 Å². The van der Waals surface area contributed by atoms with Crippen molar-refractivity contribution in [3.05, 3.63) is 30.0 Å². The van der Waals surface area contributed by atoms with Crippen molar-refractivity contribution in [2.24, 2.45) is 5.92 Å². The second-order valence-electron chi connectivity index (χ2n) is 7.05. The van der Waals surface area contributed by atoms with E-state index in [4.69, 9.17) is 4.52 Å². The van der Waals surface area contributed by atoms with Crippen molar-refractivity contribution in [2.75, 3.05) is 0 Å². The van der Waals surface area contributed by atoms with E-state index in [2.05, 4.69) is 32.6 Å². The molecule has 27 heavy (non-hydrogen) atoms. The standard InChI is InChI=1S/C19H24N6O2/c1-2-7-15-21-19(27-24-15)14-10-6-11-25-16(22-23-17(14)25)12-20-18(26)13-8-4-3-5-9-13/h6,10-11,13H,2-5,7-9,12H2,1H3,(H,20,26). The highest BCUT2D eigenvalue weighted by molar-refractivity contribution is 5.78. The zero-order valence-corrected chi connectivity index (χ0v) is 15.5. The molecule has 1 fully saturated rings. The first-order valence-corrected chi connectivity index (χ1v) is 9.69. The molecule has 1 aliphatic rings. The van der Waals surface area contributed by atoms with Crippen LogP contribution in [0, 0.1) is 5.92 Å². The third-order valence-corrected chi connectivity index (χ3v) is 5.07. The molecule has 0 unspecified atom stereocenters. The molecule has 1 N–H and O–H groups in total. The van der Waals surface area contributed by atoms with Crippen LogP contribution < -0.4 is 5.32 Å². The Morgan fingerprint density at radius 3 is 2.96 bits per heavy atom. The molecule has 142 valence electrons. The summed E-state index contributed by atoms with van der Waals surface area (Å²) in [6.45, 7) is 2.42. The number of nitrogens with one attached hydrogen (secondary N) is 1. The number of carbonyl (C=O) groups is 1. The average Bonchev–Trinajstić information content (AvgIpc) is 3.34. The van der Waals surface area contributed by atoms with Crippen molar-refractivity contribution in [3.8, 4) is 11.5 Å². The smallest absolute Gasteiger partial charge is 0.261 e. The number of nitrogens with zero attached hydrogens (tertiary/aromatic N) is 5. The van der Waals surface area contributed by atoms with Gasteiger partial charge in [-0.05, 0) is 31.4 Å². The van der Waals surface area contributed by atoms with Crippen LogP contribution in [0.3, 0.4) is 0 Å². The van der Waals surface area contributed by atoms with Crippen molar-refractivity contribution in [3.63, 3.8) is 0 Å². The van der Waals surface area contributed by atoms with Crippen molar-refractivity contribution in [2.45, 2.75) is 58.4 Å². The Morgan fingerprint density at radius 1 is 1.30 bits per heavy atom. The van der Waals surface area contributed by atoms with Crippen molar-refractivity contribution in [1.82, 2.24) is 30.1 Å². The van der Waals surface area contributed by atoms with Gasteiger partial charge in [0.2, 0.25) is 5.91 Å². The minimum atomic E-state index is 0.115. The first-order chi connectivity index (χ1) is 13.3. The molecule has 0 saturated heterocycles. The predicted octanol–water partition coefficient (Wildman–Crippen LogP) is 2.93. The van der Waals surface area contributed by atoms with E-state index >= 15 is 0 Å². The largest absolute Gasteiger partial charge is 0.349 e. The Balaban J connectivity index is 1.52. The van der Waals surface area contributed by atoms with E-state index in [1.54, 1.807) is 0 Å². The average molecular weight is 368 g/mol. The summed E-state index contributed by atoms with van der Waals surface area (Å²) in [5.74, 6) is 2.06. The van der Waals surface area contributed by atoms with Gasteiger partial charge < -0.3 is 9.84 Å². The van der Waals surface area contributed by atoms with Crippen LogP contribution in [-0.2, 0) is 17.8 Å². The molecular formula is C19H24N6O2. The van der Waals surface area contributed by atoms with Crippen LogP contribution in [0.4, 0.5) is 0 Å². The van der Waals surface area contributed by atoms with Crippen molar-refractivity contribution >= 4 is 11.6 Å².